The molecule has 1 aliphatic heterocycles. The number of nitrogens with zero attached hydrogens (tertiary/aromatic N) is 1. The molecule has 1 atom stereocenters. The third kappa shape index (κ3) is 3.92. The molecule has 2 rings (SSSR count). The van der Waals surface area contributed by atoms with Crippen molar-refractivity contribution in [2.24, 2.45) is 0 Å². The monoisotopic (exact) mass is 273 g/mol. The molecule has 0 saturated carbocycles. The Morgan fingerprint density at radius 3 is 2.40 bits per heavy atom. The first-order valence-electron chi connectivity index (χ1n) is 8.07. The fourth-order valence-corrected chi connectivity index (χ4v) is 3.03. The first kappa shape index (κ1) is 15.2. The minimum atomic E-state index is 0.103. The Hall–Kier alpha value is -1.15. The summed E-state index contributed by atoms with van der Waals surface area (Å²) < 4.78 is 0. The molecular formula is C18H27NO. The Labute approximate surface area is 123 Å². The van der Waals surface area contributed by atoms with Crippen LogP contribution in [0.5, 0.6) is 0 Å². The van der Waals surface area contributed by atoms with Gasteiger partial charge in [0.05, 0.1) is 6.04 Å². The molecule has 0 amide bonds. The smallest absolute Gasteiger partial charge is 0.179 e. The second kappa shape index (κ2) is 7.58. The molecule has 1 saturated heterocycles. The molecule has 2 nitrogen and oxygen atoms in total. The van der Waals surface area contributed by atoms with E-state index in [9.17, 15) is 4.79 Å². The summed E-state index contributed by atoms with van der Waals surface area (Å²) in [5.41, 5.74) is 2.09. The SMILES string of the molecule is CCCCC[C@H](C(=O)c1ccc(C)cc1)N1CCCC1. The number of rotatable bonds is 7. The summed E-state index contributed by atoms with van der Waals surface area (Å²) in [6.07, 6.45) is 7.10. The van der Waals surface area contributed by atoms with E-state index in [1.54, 1.807) is 0 Å². The molecule has 0 aromatic heterocycles. The third-order valence-corrected chi connectivity index (χ3v) is 4.30. The Morgan fingerprint density at radius 1 is 1.15 bits per heavy atom. The molecule has 1 aromatic carbocycles. The summed E-state index contributed by atoms with van der Waals surface area (Å²) in [4.78, 5) is 15.2. The van der Waals surface area contributed by atoms with Crippen LogP contribution in [0.1, 0.15) is 61.4 Å². The summed E-state index contributed by atoms with van der Waals surface area (Å²) in [7, 11) is 0. The molecular weight excluding hydrogens is 246 g/mol. The van der Waals surface area contributed by atoms with Crippen molar-refractivity contribution < 1.29 is 4.79 Å². The van der Waals surface area contributed by atoms with Crippen LogP contribution in [0.4, 0.5) is 0 Å². The first-order chi connectivity index (χ1) is 9.72. The van der Waals surface area contributed by atoms with E-state index in [0.717, 1.165) is 31.5 Å². The Bertz CT molecular complexity index is 418. The van der Waals surface area contributed by atoms with Crippen molar-refractivity contribution in [3.8, 4) is 0 Å². The number of carbonyl (C=O) groups is 1. The van der Waals surface area contributed by atoms with Gasteiger partial charge in [0.15, 0.2) is 5.78 Å². The van der Waals surface area contributed by atoms with Crippen LogP contribution in [0.15, 0.2) is 24.3 Å². The quantitative estimate of drug-likeness (QED) is 0.547. The van der Waals surface area contributed by atoms with Gasteiger partial charge < -0.3 is 0 Å². The summed E-state index contributed by atoms with van der Waals surface area (Å²) in [6.45, 7) is 6.46. The highest BCUT2D eigenvalue weighted by atomic mass is 16.1. The Balaban J connectivity index is 2.07. The molecule has 110 valence electrons. The van der Waals surface area contributed by atoms with Gasteiger partial charge in [0, 0.05) is 5.56 Å². The standard InChI is InChI=1S/C18H27NO/c1-3-4-5-8-17(19-13-6-7-14-19)18(20)16-11-9-15(2)10-12-16/h9-12,17H,3-8,13-14H2,1-2H3/t17-/m1/s1. The average molecular weight is 273 g/mol. The van der Waals surface area contributed by atoms with Crippen molar-refractivity contribution >= 4 is 5.78 Å². The van der Waals surface area contributed by atoms with E-state index in [2.05, 4.69) is 18.7 Å². The fraction of sp³-hybridized carbons (Fsp3) is 0.611. The maximum atomic E-state index is 12.8. The van der Waals surface area contributed by atoms with Crippen molar-refractivity contribution in [2.75, 3.05) is 13.1 Å². The highest BCUT2D eigenvalue weighted by molar-refractivity contribution is 6.00. The zero-order valence-corrected chi connectivity index (χ0v) is 12.9. The van der Waals surface area contributed by atoms with E-state index in [0.29, 0.717) is 5.78 Å². The van der Waals surface area contributed by atoms with Gasteiger partial charge in [-0.2, -0.15) is 0 Å². The van der Waals surface area contributed by atoms with Crippen molar-refractivity contribution in [3.05, 3.63) is 35.4 Å². The molecule has 1 aliphatic rings. The van der Waals surface area contributed by atoms with E-state index in [4.69, 9.17) is 0 Å². The summed E-state index contributed by atoms with van der Waals surface area (Å²) in [5.74, 6) is 0.322. The normalized spacial score (nSPS) is 17.3. The molecule has 2 heteroatoms. The molecule has 1 aromatic rings. The van der Waals surface area contributed by atoms with Crippen LogP contribution in [0, 0.1) is 6.92 Å². The fourth-order valence-electron chi connectivity index (χ4n) is 3.03. The summed E-state index contributed by atoms with van der Waals surface area (Å²) >= 11 is 0. The first-order valence-corrected chi connectivity index (χ1v) is 8.07. The van der Waals surface area contributed by atoms with Crippen molar-refractivity contribution in [2.45, 2.75) is 58.4 Å². The Morgan fingerprint density at radius 2 is 1.80 bits per heavy atom. The maximum Gasteiger partial charge on any atom is 0.179 e. The van der Waals surface area contributed by atoms with E-state index in [1.807, 2.05) is 24.3 Å². The highest BCUT2D eigenvalue weighted by Crippen LogP contribution is 2.20. The number of likely N-dealkylation sites (tertiary alicyclic amines) is 1. The number of hydrogen-bond acceptors (Lipinski definition) is 2. The molecule has 0 bridgehead atoms. The van der Waals surface area contributed by atoms with Gasteiger partial charge in [-0.15, -0.1) is 0 Å². The summed E-state index contributed by atoms with van der Waals surface area (Å²) in [5, 5.41) is 0. The predicted molar refractivity (Wildman–Crippen MR) is 84.2 cm³/mol. The Kier molecular flexibility index (Phi) is 5.78. The average Bonchev–Trinajstić information content (AvgIpc) is 2.98. The van der Waals surface area contributed by atoms with Gasteiger partial charge in [-0.3, -0.25) is 9.69 Å². The molecule has 0 radical (unpaired) electrons. The molecule has 1 heterocycles. The lowest BCUT2D eigenvalue weighted by Crippen LogP contribution is -2.39. The second-order valence-electron chi connectivity index (χ2n) is 5.98. The second-order valence-corrected chi connectivity index (χ2v) is 5.98. The molecule has 1 fully saturated rings. The van der Waals surface area contributed by atoms with Crippen LogP contribution in [-0.2, 0) is 0 Å². The van der Waals surface area contributed by atoms with Crippen LogP contribution in [0.3, 0.4) is 0 Å². The molecule has 0 spiro atoms. The molecule has 0 unspecified atom stereocenters. The van der Waals surface area contributed by atoms with Gasteiger partial charge >= 0.3 is 0 Å². The molecule has 20 heavy (non-hydrogen) atoms. The van der Waals surface area contributed by atoms with Crippen molar-refractivity contribution in [1.82, 2.24) is 4.90 Å². The van der Waals surface area contributed by atoms with Gasteiger partial charge in [0.25, 0.3) is 0 Å². The number of Topliss-reactive ketones (excluding diaryl/α,β-unsaturated/α-hetero) is 1. The zero-order valence-electron chi connectivity index (χ0n) is 12.9. The van der Waals surface area contributed by atoms with E-state index < -0.39 is 0 Å². The predicted octanol–water partition coefficient (Wildman–Crippen LogP) is 4.22. The largest absolute Gasteiger partial charge is 0.293 e. The van der Waals surface area contributed by atoms with Gasteiger partial charge in [-0.05, 0) is 39.3 Å². The minimum absolute atomic E-state index is 0.103. The van der Waals surface area contributed by atoms with Gasteiger partial charge in [-0.25, -0.2) is 0 Å². The summed E-state index contributed by atoms with van der Waals surface area (Å²) in [6, 6.07) is 8.16. The van der Waals surface area contributed by atoms with Crippen LogP contribution >= 0.6 is 0 Å². The van der Waals surface area contributed by atoms with E-state index in [-0.39, 0.29) is 6.04 Å². The van der Waals surface area contributed by atoms with Gasteiger partial charge in [0.1, 0.15) is 0 Å². The highest BCUT2D eigenvalue weighted by Gasteiger charge is 2.28. The lowest BCUT2D eigenvalue weighted by molar-refractivity contribution is 0.0835. The van der Waals surface area contributed by atoms with E-state index >= 15 is 0 Å². The number of unbranched alkanes of at least 4 members (excludes halogenated alkanes) is 2. The lowest BCUT2D eigenvalue weighted by Gasteiger charge is -2.26. The van der Waals surface area contributed by atoms with Crippen LogP contribution < -0.4 is 0 Å². The van der Waals surface area contributed by atoms with Gasteiger partial charge in [-0.1, -0.05) is 56.0 Å². The molecule has 0 N–H and O–H groups in total. The van der Waals surface area contributed by atoms with Gasteiger partial charge in [0.2, 0.25) is 0 Å². The maximum absolute atomic E-state index is 12.8. The zero-order chi connectivity index (χ0) is 14.4. The van der Waals surface area contributed by atoms with E-state index in [1.165, 1.54) is 31.2 Å². The minimum Gasteiger partial charge on any atom is -0.293 e. The van der Waals surface area contributed by atoms with Crippen LogP contribution in [0.2, 0.25) is 0 Å². The third-order valence-electron chi connectivity index (χ3n) is 4.30. The lowest BCUT2D eigenvalue weighted by atomic mass is 9.97. The number of ketones is 1. The number of carbonyl (C=O) groups excluding carboxylic acids is 1. The van der Waals surface area contributed by atoms with Crippen LogP contribution in [-0.4, -0.2) is 29.8 Å². The number of aryl methyl sites for hydroxylation is 1. The number of hydrogen-bond donors (Lipinski definition) is 0. The van der Waals surface area contributed by atoms with Crippen LogP contribution in [0.25, 0.3) is 0 Å². The van der Waals surface area contributed by atoms with Crippen molar-refractivity contribution in [3.63, 3.8) is 0 Å². The topological polar surface area (TPSA) is 20.3 Å². The number of benzene rings is 1. The van der Waals surface area contributed by atoms with Crippen molar-refractivity contribution in [1.29, 1.82) is 0 Å². The molecule has 0 aliphatic carbocycles.